The molecule has 0 unspecified atom stereocenters. The summed E-state index contributed by atoms with van der Waals surface area (Å²) in [6, 6.07) is 56.1. The maximum Gasteiger partial charge on any atom is 0.465 e. The summed E-state index contributed by atoms with van der Waals surface area (Å²) in [7, 11) is -3.91. The molecule has 8 nitrogen and oxygen atoms in total. The van der Waals surface area contributed by atoms with Crippen LogP contribution < -0.4 is 18.1 Å². The number of ether oxygens (including phenoxy) is 2. The van der Waals surface area contributed by atoms with Crippen LogP contribution in [0.3, 0.4) is 0 Å². The van der Waals surface area contributed by atoms with Gasteiger partial charge < -0.3 is 27.6 Å². The van der Waals surface area contributed by atoms with Gasteiger partial charge in [0, 0.05) is 0 Å². The zero-order valence-electron chi connectivity index (χ0n) is 29.6. The van der Waals surface area contributed by atoms with Crippen LogP contribution in [0, 0.1) is 0 Å². The second kappa shape index (κ2) is 16.6. The van der Waals surface area contributed by atoms with Gasteiger partial charge in [-0.1, -0.05) is 121 Å². The van der Waals surface area contributed by atoms with Crippen molar-refractivity contribution in [2.24, 2.45) is 0 Å². The molecule has 0 bridgehead atoms. The Morgan fingerprint density at radius 1 is 0.364 bits per heavy atom. The summed E-state index contributed by atoms with van der Waals surface area (Å²) in [5.41, 5.74) is 0. The minimum Gasteiger partial charge on any atom is -0.418 e. The van der Waals surface area contributed by atoms with E-state index in [1.807, 2.05) is 146 Å². The van der Waals surface area contributed by atoms with Crippen molar-refractivity contribution < 1.29 is 36.6 Å². The SMILES string of the molecule is c1ccc2cc(OP(Oc3ccc4ccccc4c3)O[C@H]3COC[C@@H](OP(Oc4ccc5ccccc5c4)Oc4ccc5ccccc5c4)OC3)ccc2c1. The van der Waals surface area contributed by atoms with Gasteiger partial charge in [0.2, 0.25) is 0 Å². The monoisotopic (exact) mass is 766 g/mol. The summed E-state index contributed by atoms with van der Waals surface area (Å²) >= 11 is 0. The molecular weight excluding hydrogens is 730 g/mol. The fraction of sp³-hybridized carbons (Fsp3) is 0.111. The van der Waals surface area contributed by atoms with Crippen molar-refractivity contribution in [1.82, 2.24) is 0 Å². The van der Waals surface area contributed by atoms with Crippen LogP contribution in [0.15, 0.2) is 170 Å². The smallest absolute Gasteiger partial charge is 0.418 e. The molecule has 10 heteroatoms. The topological polar surface area (TPSA) is 73.8 Å². The highest BCUT2D eigenvalue weighted by molar-refractivity contribution is 7.42. The summed E-state index contributed by atoms with van der Waals surface area (Å²) in [6.07, 6.45) is -1.32. The minimum absolute atomic E-state index is 0.135. The molecule has 0 radical (unpaired) electrons. The van der Waals surface area contributed by atoms with Crippen molar-refractivity contribution in [1.29, 1.82) is 0 Å². The maximum atomic E-state index is 6.49. The lowest BCUT2D eigenvalue weighted by Gasteiger charge is -2.23. The Morgan fingerprint density at radius 2 is 0.709 bits per heavy atom. The lowest BCUT2D eigenvalue weighted by Crippen LogP contribution is -2.24. The van der Waals surface area contributed by atoms with Crippen LogP contribution in [0.1, 0.15) is 0 Å². The van der Waals surface area contributed by atoms with Gasteiger partial charge in [-0.2, -0.15) is 0 Å². The third-order valence-corrected chi connectivity index (χ3v) is 11.4. The molecule has 1 saturated heterocycles. The van der Waals surface area contributed by atoms with Crippen LogP contribution >= 0.6 is 17.2 Å². The van der Waals surface area contributed by atoms with E-state index in [1.54, 1.807) is 0 Å². The third-order valence-electron chi connectivity index (χ3n) is 9.07. The first-order valence-corrected chi connectivity index (χ1v) is 20.2. The van der Waals surface area contributed by atoms with E-state index < -0.39 is 29.6 Å². The van der Waals surface area contributed by atoms with Gasteiger partial charge in [-0.05, 0) is 91.6 Å². The van der Waals surface area contributed by atoms with Crippen molar-refractivity contribution in [3.05, 3.63) is 170 Å². The summed E-state index contributed by atoms with van der Waals surface area (Å²) in [5.74, 6) is 2.49. The Morgan fingerprint density at radius 3 is 1.09 bits per heavy atom. The first-order chi connectivity index (χ1) is 27.2. The maximum absolute atomic E-state index is 6.49. The second-order valence-electron chi connectivity index (χ2n) is 13.0. The number of benzene rings is 8. The Bertz CT molecular complexity index is 2230. The Kier molecular flexibility index (Phi) is 10.7. The van der Waals surface area contributed by atoms with Crippen molar-refractivity contribution >= 4 is 60.3 Å². The van der Waals surface area contributed by atoms with Gasteiger partial charge in [0.15, 0.2) is 6.29 Å². The molecule has 0 N–H and O–H groups in total. The van der Waals surface area contributed by atoms with Crippen LogP contribution in [-0.2, 0) is 18.5 Å². The Balaban J connectivity index is 0.914. The number of hydrogen-bond acceptors (Lipinski definition) is 8. The standard InChI is InChI=1S/C45H36O8P2/c1-5-13-36-25-40(21-17-32(36)9-1)48-54(49-41-22-18-33-10-2-6-14-37(33)26-41)52-44-29-46-31-45(47-30-44)53-55(50-42-23-19-34-11-3-7-15-38(34)27-42)51-43-24-20-35-12-4-8-16-39(35)28-43/h1-28,44-45H,29-31H2/t44-,45+/m0/s1. The molecule has 0 saturated carbocycles. The van der Waals surface area contributed by atoms with Crippen LogP contribution in [0.5, 0.6) is 23.0 Å². The predicted octanol–water partition coefficient (Wildman–Crippen LogP) is 12.1. The summed E-state index contributed by atoms with van der Waals surface area (Å²) in [6.45, 7) is 0.520. The largest absolute Gasteiger partial charge is 0.465 e. The van der Waals surface area contributed by atoms with Crippen molar-refractivity contribution in [2.75, 3.05) is 19.8 Å². The van der Waals surface area contributed by atoms with E-state index in [2.05, 4.69) is 24.3 Å². The van der Waals surface area contributed by atoms with E-state index in [4.69, 9.17) is 36.6 Å². The van der Waals surface area contributed by atoms with E-state index in [0.717, 1.165) is 43.1 Å². The second-order valence-corrected chi connectivity index (χ2v) is 15.0. The molecule has 1 fully saturated rings. The van der Waals surface area contributed by atoms with Crippen molar-refractivity contribution in [3.63, 3.8) is 0 Å². The van der Waals surface area contributed by atoms with Gasteiger partial charge in [0.1, 0.15) is 29.1 Å². The van der Waals surface area contributed by atoms with Gasteiger partial charge in [0.25, 0.3) is 0 Å². The van der Waals surface area contributed by atoms with Crippen LogP contribution in [-0.4, -0.2) is 32.2 Å². The van der Waals surface area contributed by atoms with E-state index >= 15 is 0 Å². The van der Waals surface area contributed by atoms with Crippen molar-refractivity contribution in [3.8, 4) is 23.0 Å². The Labute approximate surface area is 321 Å². The lowest BCUT2D eigenvalue weighted by molar-refractivity contribution is -0.104. The molecule has 0 aliphatic carbocycles. The van der Waals surface area contributed by atoms with E-state index in [1.165, 1.54) is 0 Å². The van der Waals surface area contributed by atoms with Crippen molar-refractivity contribution in [2.45, 2.75) is 12.4 Å². The molecule has 274 valence electrons. The highest BCUT2D eigenvalue weighted by Gasteiger charge is 2.31. The fourth-order valence-electron chi connectivity index (χ4n) is 6.31. The number of hydrogen-bond donors (Lipinski definition) is 0. The zero-order valence-corrected chi connectivity index (χ0v) is 31.4. The zero-order chi connectivity index (χ0) is 36.8. The molecule has 9 rings (SSSR count). The Hall–Kier alpha value is -5.30. The van der Waals surface area contributed by atoms with Gasteiger partial charge in [0.05, 0.1) is 19.8 Å². The minimum atomic E-state index is -1.98. The molecule has 0 aromatic heterocycles. The van der Waals surface area contributed by atoms with E-state index in [0.29, 0.717) is 23.0 Å². The lowest BCUT2D eigenvalue weighted by atomic mass is 10.1. The first-order valence-electron chi connectivity index (χ1n) is 18.0. The average Bonchev–Trinajstić information content (AvgIpc) is 3.45. The molecule has 0 spiro atoms. The van der Waals surface area contributed by atoms with E-state index in [-0.39, 0.29) is 19.8 Å². The molecule has 1 aliphatic heterocycles. The summed E-state index contributed by atoms with van der Waals surface area (Å²) in [4.78, 5) is 0. The fourth-order valence-corrected chi connectivity index (χ4v) is 8.38. The quantitative estimate of drug-likeness (QED) is 0.114. The third kappa shape index (κ3) is 8.83. The molecule has 55 heavy (non-hydrogen) atoms. The molecule has 2 atom stereocenters. The average molecular weight is 767 g/mol. The van der Waals surface area contributed by atoms with Crippen LogP contribution in [0.2, 0.25) is 0 Å². The highest BCUT2D eigenvalue weighted by atomic mass is 31.2. The first kappa shape index (κ1) is 35.4. The molecule has 8 aromatic rings. The molecule has 1 heterocycles. The normalized spacial score (nSPS) is 16.1. The van der Waals surface area contributed by atoms with Crippen LogP contribution in [0.4, 0.5) is 0 Å². The predicted molar refractivity (Wildman–Crippen MR) is 219 cm³/mol. The van der Waals surface area contributed by atoms with Gasteiger partial charge >= 0.3 is 17.2 Å². The molecule has 8 aromatic carbocycles. The number of rotatable bonds is 12. The molecule has 0 amide bonds. The number of fused-ring (bicyclic) bond motifs is 4. The summed E-state index contributed by atoms with van der Waals surface area (Å²) in [5, 5.41) is 8.63. The summed E-state index contributed by atoms with van der Waals surface area (Å²) < 4.78 is 50.8. The van der Waals surface area contributed by atoms with Crippen LogP contribution in [0.25, 0.3) is 43.1 Å². The van der Waals surface area contributed by atoms with Gasteiger partial charge in [-0.3, -0.25) is 9.05 Å². The highest BCUT2D eigenvalue weighted by Crippen LogP contribution is 2.46. The molecule has 1 aliphatic rings. The van der Waals surface area contributed by atoms with E-state index in [9.17, 15) is 0 Å². The van der Waals surface area contributed by atoms with Gasteiger partial charge in [-0.25, -0.2) is 0 Å². The molecular formula is C45H36O8P2. The van der Waals surface area contributed by atoms with Gasteiger partial charge in [-0.15, -0.1) is 0 Å².